The monoisotopic (exact) mass is 556 g/mol. The van der Waals surface area contributed by atoms with Gasteiger partial charge in [-0.2, -0.15) is 0 Å². The first-order valence-electron chi connectivity index (χ1n) is 12.4. The van der Waals surface area contributed by atoms with Crippen molar-refractivity contribution in [3.05, 3.63) is 101 Å². The molecule has 2 aromatic carbocycles. The highest BCUT2D eigenvalue weighted by molar-refractivity contribution is 7.22. The van der Waals surface area contributed by atoms with Crippen LogP contribution in [-0.4, -0.2) is 28.4 Å². The molecule has 3 aromatic heterocycles. The molecule has 0 radical (unpaired) electrons. The van der Waals surface area contributed by atoms with E-state index in [9.17, 15) is 19.9 Å². The van der Waals surface area contributed by atoms with Gasteiger partial charge in [-0.15, -0.1) is 0 Å². The van der Waals surface area contributed by atoms with Gasteiger partial charge < -0.3 is 29.4 Å². The summed E-state index contributed by atoms with van der Waals surface area (Å²) in [7, 11) is 0. The molecule has 10 nitrogen and oxygen atoms in total. The largest absolute Gasteiger partial charge is 0.761 e. The summed E-state index contributed by atoms with van der Waals surface area (Å²) in [5.41, 5.74) is 3.23. The van der Waals surface area contributed by atoms with Crippen molar-refractivity contribution in [2.45, 2.75) is 19.9 Å². The maximum absolute atomic E-state index is 13.6. The molecular weight excluding hydrogens is 534 g/mol. The van der Waals surface area contributed by atoms with Crippen LogP contribution >= 0.6 is 11.3 Å². The number of aliphatic hydroxyl groups is 1. The van der Waals surface area contributed by atoms with Gasteiger partial charge in [0.2, 0.25) is 5.78 Å². The summed E-state index contributed by atoms with van der Waals surface area (Å²) < 4.78 is 18.0. The highest BCUT2D eigenvalue weighted by Gasteiger charge is 2.48. The van der Waals surface area contributed by atoms with Crippen LogP contribution in [0.5, 0.6) is 5.75 Å². The molecule has 202 valence electrons. The zero-order valence-electron chi connectivity index (χ0n) is 21.3. The normalized spacial score (nSPS) is 15.3. The number of ether oxygens (including phenoxy) is 1. The summed E-state index contributed by atoms with van der Waals surface area (Å²) in [5, 5.41) is 22.5. The number of aryl methyl sites for hydroxylation is 1. The van der Waals surface area contributed by atoms with E-state index in [1.807, 2.05) is 18.5 Å². The third-order valence-corrected chi connectivity index (χ3v) is 7.46. The summed E-state index contributed by atoms with van der Waals surface area (Å²) >= 11 is 1.22. The van der Waals surface area contributed by atoms with E-state index in [0.29, 0.717) is 40.6 Å². The fourth-order valence-corrected chi connectivity index (χ4v) is 5.66. The summed E-state index contributed by atoms with van der Waals surface area (Å²) in [6, 6.07) is 17.3. The molecule has 0 spiro atoms. The summed E-state index contributed by atoms with van der Waals surface area (Å²) in [4.78, 5) is 33.0. The maximum Gasteiger partial charge on any atom is 0.296 e. The summed E-state index contributed by atoms with van der Waals surface area (Å²) in [5.74, 6) is -0.405. The zero-order chi connectivity index (χ0) is 28.0. The fraction of sp³-hybridized carbons (Fsp3) is 0.138. The number of carbonyl (C=O) groups excluding carboxylic acids is 2. The van der Waals surface area contributed by atoms with Crippen molar-refractivity contribution in [3.8, 4) is 17.1 Å². The molecular formula is C29H22N3O7S-. The van der Waals surface area contributed by atoms with Crippen LogP contribution in [0.2, 0.25) is 0 Å². The van der Waals surface area contributed by atoms with Crippen LogP contribution in [0.4, 0.5) is 10.8 Å². The molecule has 1 amide bonds. The molecule has 1 atom stereocenters. The Kier molecular flexibility index (Phi) is 6.37. The highest BCUT2D eigenvalue weighted by atomic mass is 32.1. The van der Waals surface area contributed by atoms with Crippen LogP contribution in [-0.2, 0) is 4.79 Å². The van der Waals surface area contributed by atoms with Gasteiger partial charge in [-0.3, -0.25) is 14.5 Å². The Hall–Kier alpha value is -4.87. The predicted molar refractivity (Wildman–Crippen MR) is 150 cm³/mol. The lowest BCUT2D eigenvalue weighted by molar-refractivity contribution is -0.117. The first kappa shape index (κ1) is 25.4. The number of carbonyl (C=O) groups is 2. The molecule has 6 rings (SSSR count). The topological polar surface area (TPSA) is 141 Å². The van der Waals surface area contributed by atoms with Crippen LogP contribution in [0.15, 0.2) is 86.9 Å². The minimum atomic E-state index is -1.13. The number of nitrogens with one attached hydrogen (secondary N) is 1. The number of furan rings is 2. The van der Waals surface area contributed by atoms with Gasteiger partial charge in [0.25, 0.3) is 5.91 Å². The number of aromatic nitrogens is 1. The SMILES string of the molecule is CCOc1ccc2nc(N3C(=O)C(O)=C(C(=O)c4ccc(C)o4)C3c3ccc(-c4cccc(N[O-])c4)o3)sc2c1. The van der Waals surface area contributed by atoms with E-state index in [2.05, 4.69) is 4.98 Å². The molecule has 2 N–H and O–H groups in total. The van der Waals surface area contributed by atoms with E-state index in [0.717, 1.165) is 4.70 Å². The fourth-order valence-electron chi connectivity index (χ4n) is 4.64. The quantitative estimate of drug-likeness (QED) is 0.161. The molecule has 0 saturated heterocycles. The van der Waals surface area contributed by atoms with E-state index in [4.69, 9.17) is 13.6 Å². The van der Waals surface area contributed by atoms with E-state index in [1.54, 1.807) is 61.5 Å². The van der Waals surface area contributed by atoms with Gasteiger partial charge in [0.1, 0.15) is 29.1 Å². The van der Waals surface area contributed by atoms with Gasteiger partial charge >= 0.3 is 0 Å². The third kappa shape index (κ3) is 4.31. The number of nitrogens with zero attached hydrogens (tertiary/aromatic N) is 2. The van der Waals surface area contributed by atoms with E-state index in [-0.39, 0.29) is 22.2 Å². The molecule has 4 heterocycles. The Bertz CT molecular complexity index is 1800. The number of aliphatic hydroxyl groups excluding tert-OH is 1. The summed E-state index contributed by atoms with van der Waals surface area (Å²) in [6.45, 7) is 4.07. The second-order valence-corrected chi connectivity index (χ2v) is 10.0. The summed E-state index contributed by atoms with van der Waals surface area (Å²) in [6.07, 6.45) is 0. The van der Waals surface area contributed by atoms with Gasteiger partial charge in [0.15, 0.2) is 16.7 Å². The smallest absolute Gasteiger partial charge is 0.296 e. The van der Waals surface area contributed by atoms with E-state index >= 15 is 0 Å². The van der Waals surface area contributed by atoms with Crippen LogP contribution in [0.1, 0.15) is 35.0 Å². The number of benzene rings is 2. The number of amides is 1. The average Bonchev–Trinajstić information content (AvgIpc) is 3.75. The lowest BCUT2D eigenvalue weighted by Crippen LogP contribution is -2.30. The number of anilines is 2. The molecule has 11 heteroatoms. The standard InChI is InChI=1S/C29H22N3O7S/c1-3-37-18-8-9-19-23(14-18)40-29(30-19)32-25(21-12-11-20(39-21)16-5-4-6-17(13-16)31-36)24(27(34)28(32)35)26(33)22-10-7-15(2)38-22/h4-14,25,31,34H,3H2,1-2H3/q-1. The first-order chi connectivity index (χ1) is 19.4. The minimum Gasteiger partial charge on any atom is -0.761 e. The first-order valence-corrected chi connectivity index (χ1v) is 13.2. The highest BCUT2D eigenvalue weighted by Crippen LogP contribution is 2.45. The van der Waals surface area contributed by atoms with E-state index < -0.39 is 23.5 Å². The van der Waals surface area contributed by atoms with Crippen molar-refractivity contribution in [1.29, 1.82) is 0 Å². The minimum absolute atomic E-state index is 0.0228. The lowest BCUT2D eigenvalue weighted by atomic mass is 10.00. The van der Waals surface area contributed by atoms with Gasteiger partial charge in [0, 0.05) is 11.3 Å². The third-order valence-electron chi connectivity index (χ3n) is 6.44. The zero-order valence-corrected chi connectivity index (χ0v) is 22.2. The van der Waals surface area contributed by atoms with Crippen molar-refractivity contribution >= 4 is 44.1 Å². The van der Waals surface area contributed by atoms with E-state index in [1.165, 1.54) is 22.3 Å². The van der Waals surface area contributed by atoms with Crippen molar-refractivity contribution in [3.63, 3.8) is 0 Å². The Morgan fingerprint density at radius 3 is 2.75 bits per heavy atom. The molecule has 0 aliphatic carbocycles. The number of Topliss-reactive ketones (excluding diaryl/α,β-unsaturated/α-hetero) is 1. The lowest BCUT2D eigenvalue weighted by Gasteiger charge is -2.22. The number of rotatable bonds is 8. The Morgan fingerprint density at radius 1 is 1.15 bits per heavy atom. The van der Waals surface area contributed by atoms with Crippen molar-refractivity contribution < 1.29 is 28.3 Å². The van der Waals surface area contributed by atoms with Gasteiger partial charge in [0.05, 0.1) is 22.4 Å². The Labute approximate surface area is 231 Å². The van der Waals surface area contributed by atoms with Crippen LogP contribution < -0.4 is 15.1 Å². The van der Waals surface area contributed by atoms with Crippen molar-refractivity contribution in [2.24, 2.45) is 0 Å². The number of hydrogen-bond donors (Lipinski definition) is 2. The van der Waals surface area contributed by atoms with Crippen molar-refractivity contribution in [1.82, 2.24) is 4.98 Å². The van der Waals surface area contributed by atoms with Crippen LogP contribution in [0.25, 0.3) is 21.5 Å². The second-order valence-electron chi connectivity index (χ2n) is 9.02. The van der Waals surface area contributed by atoms with Gasteiger partial charge in [-0.25, -0.2) is 4.98 Å². The number of ketones is 1. The molecule has 0 bridgehead atoms. The maximum atomic E-state index is 13.6. The molecule has 1 aliphatic heterocycles. The van der Waals surface area contributed by atoms with Crippen LogP contribution in [0, 0.1) is 12.1 Å². The number of thiazole rings is 1. The Morgan fingerprint density at radius 2 is 2.00 bits per heavy atom. The molecule has 0 fully saturated rings. The predicted octanol–water partition coefficient (Wildman–Crippen LogP) is 6.55. The van der Waals surface area contributed by atoms with Gasteiger partial charge in [-0.05, 0) is 68.4 Å². The molecule has 1 aliphatic rings. The Balaban J connectivity index is 1.47. The molecule has 1 unspecified atom stereocenters. The number of hydrogen-bond acceptors (Lipinski definition) is 10. The van der Waals surface area contributed by atoms with Gasteiger partial charge in [-0.1, -0.05) is 23.5 Å². The number of fused-ring (bicyclic) bond motifs is 1. The van der Waals surface area contributed by atoms with Crippen molar-refractivity contribution in [2.75, 3.05) is 17.0 Å². The van der Waals surface area contributed by atoms with Crippen LogP contribution in [0.3, 0.4) is 0 Å². The second kappa shape index (κ2) is 10.0. The average molecular weight is 557 g/mol. The molecule has 40 heavy (non-hydrogen) atoms. The molecule has 5 aromatic rings. The molecule has 0 saturated carbocycles.